The van der Waals surface area contributed by atoms with Crippen molar-refractivity contribution < 1.29 is 12.8 Å². The van der Waals surface area contributed by atoms with Crippen molar-refractivity contribution in [3.63, 3.8) is 0 Å². The van der Waals surface area contributed by atoms with Crippen LogP contribution in [0.1, 0.15) is 11.6 Å². The zero-order valence-corrected chi connectivity index (χ0v) is 16.5. The smallest absolute Gasteiger partial charge is 0.244 e. The van der Waals surface area contributed by atoms with Gasteiger partial charge < -0.3 is 4.90 Å². The maximum atomic E-state index is 14.0. The molecule has 0 saturated heterocycles. The normalized spacial score (nSPS) is 13.2. The van der Waals surface area contributed by atoms with Crippen LogP contribution >= 0.6 is 34.8 Å². The van der Waals surface area contributed by atoms with Gasteiger partial charge in [0.1, 0.15) is 10.7 Å². The molecule has 4 nitrogen and oxygen atoms in total. The van der Waals surface area contributed by atoms with E-state index in [0.29, 0.717) is 22.2 Å². The van der Waals surface area contributed by atoms with E-state index in [-0.39, 0.29) is 5.02 Å². The number of rotatable bonds is 6. The molecule has 0 bridgehead atoms. The van der Waals surface area contributed by atoms with E-state index < -0.39 is 26.8 Å². The second kappa shape index (κ2) is 8.20. The van der Waals surface area contributed by atoms with Crippen molar-refractivity contribution in [3.05, 3.63) is 62.8 Å². The highest BCUT2D eigenvalue weighted by atomic mass is 35.5. The van der Waals surface area contributed by atoms with Crippen LogP contribution in [0.4, 0.5) is 4.39 Å². The van der Waals surface area contributed by atoms with Gasteiger partial charge in [0, 0.05) is 11.6 Å². The molecule has 2 aromatic rings. The summed E-state index contributed by atoms with van der Waals surface area (Å²) in [6, 6.07) is 7.59. The molecule has 1 atom stereocenters. The Morgan fingerprint density at radius 3 is 2.32 bits per heavy atom. The van der Waals surface area contributed by atoms with Gasteiger partial charge in [-0.3, -0.25) is 0 Å². The first-order chi connectivity index (χ1) is 11.6. The van der Waals surface area contributed by atoms with Crippen molar-refractivity contribution in [1.82, 2.24) is 9.62 Å². The van der Waals surface area contributed by atoms with Gasteiger partial charge in [-0.1, -0.05) is 40.9 Å². The fourth-order valence-electron chi connectivity index (χ4n) is 2.25. The third kappa shape index (κ3) is 5.29. The molecule has 0 fully saturated rings. The monoisotopic (exact) mass is 424 g/mol. The van der Waals surface area contributed by atoms with Crippen molar-refractivity contribution in [3.8, 4) is 0 Å². The molecule has 0 spiro atoms. The van der Waals surface area contributed by atoms with Crippen LogP contribution in [0.25, 0.3) is 0 Å². The molecule has 0 amide bonds. The van der Waals surface area contributed by atoms with Gasteiger partial charge >= 0.3 is 0 Å². The molecule has 2 rings (SSSR count). The highest BCUT2D eigenvalue weighted by molar-refractivity contribution is 7.89. The molecule has 9 heteroatoms. The molecule has 0 radical (unpaired) electrons. The number of likely N-dealkylation sites (N-methyl/N-ethyl adjacent to an activating group) is 1. The minimum atomic E-state index is -4.11. The maximum Gasteiger partial charge on any atom is 0.244 e. The Kier molecular flexibility index (Phi) is 6.70. The number of nitrogens with zero attached hydrogens (tertiary/aromatic N) is 1. The predicted octanol–water partition coefficient (Wildman–Crippen LogP) is 4.37. The average molecular weight is 426 g/mol. The first-order valence-electron chi connectivity index (χ1n) is 7.17. The van der Waals surface area contributed by atoms with Crippen LogP contribution in [0.3, 0.4) is 0 Å². The molecule has 0 aliphatic carbocycles. The van der Waals surface area contributed by atoms with E-state index in [0.717, 1.165) is 12.1 Å². The summed E-state index contributed by atoms with van der Waals surface area (Å²) in [5.74, 6) is -0.919. The second-order valence-electron chi connectivity index (χ2n) is 5.68. The largest absolute Gasteiger partial charge is 0.307 e. The van der Waals surface area contributed by atoms with Crippen LogP contribution in [0.2, 0.25) is 15.1 Å². The zero-order chi connectivity index (χ0) is 18.8. The van der Waals surface area contributed by atoms with Gasteiger partial charge in [0.25, 0.3) is 0 Å². The number of hydrogen-bond donors (Lipinski definition) is 1. The molecule has 0 aliphatic rings. The summed E-state index contributed by atoms with van der Waals surface area (Å²) < 4.78 is 41.8. The molecular formula is C16H16Cl3FN2O2S. The zero-order valence-electron chi connectivity index (χ0n) is 13.4. The van der Waals surface area contributed by atoms with Gasteiger partial charge in [-0.05, 0) is 50.0 Å². The van der Waals surface area contributed by atoms with Gasteiger partial charge in [0.15, 0.2) is 0 Å². The third-order valence-electron chi connectivity index (χ3n) is 3.37. The Labute approximate surface area is 161 Å². The van der Waals surface area contributed by atoms with Crippen LogP contribution in [0.5, 0.6) is 0 Å². The van der Waals surface area contributed by atoms with Gasteiger partial charge in [-0.15, -0.1) is 0 Å². The lowest BCUT2D eigenvalue weighted by Crippen LogP contribution is -2.35. The van der Waals surface area contributed by atoms with Crippen molar-refractivity contribution in [2.45, 2.75) is 10.9 Å². The Morgan fingerprint density at radius 2 is 1.76 bits per heavy atom. The molecular weight excluding hydrogens is 410 g/mol. The van der Waals surface area contributed by atoms with Gasteiger partial charge in [-0.25, -0.2) is 17.5 Å². The topological polar surface area (TPSA) is 49.4 Å². The fourth-order valence-corrected chi connectivity index (χ4v) is 3.99. The quantitative estimate of drug-likeness (QED) is 0.748. The van der Waals surface area contributed by atoms with Gasteiger partial charge in [0.05, 0.1) is 16.1 Å². The molecule has 0 unspecified atom stereocenters. The standard InChI is InChI=1S/C16H16Cl3FN2O2S/c1-22(2)9-15(10-3-5-12(18)13(19)7-10)21-25(23,24)16-6-4-11(17)8-14(16)20/h3-8,15,21H,9H2,1-2H3/t15-/m0/s1. The van der Waals surface area contributed by atoms with Crippen LogP contribution in [-0.4, -0.2) is 34.0 Å². The van der Waals surface area contributed by atoms with Crippen LogP contribution in [0.15, 0.2) is 41.3 Å². The number of nitrogens with one attached hydrogen (secondary N) is 1. The number of sulfonamides is 1. The van der Waals surface area contributed by atoms with E-state index in [9.17, 15) is 12.8 Å². The van der Waals surface area contributed by atoms with Crippen molar-refractivity contribution in [2.75, 3.05) is 20.6 Å². The summed E-state index contributed by atoms with van der Waals surface area (Å²) in [4.78, 5) is 1.33. The fraction of sp³-hybridized carbons (Fsp3) is 0.250. The highest BCUT2D eigenvalue weighted by Gasteiger charge is 2.25. The van der Waals surface area contributed by atoms with E-state index in [1.165, 1.54) is 6.07 Å². The number of benzene rings is 2. The van der Waals surface area contributed by atoms with Gasteiger partial charge in [0.2, 0.25) is 10.0 Å². The van der Waals surface area contributed by atoms with E-state index in [4.69, 9.17) is 34.8 Å². The Balaban J connectivity index is 2.40. The van der Waals surface area contributed by atoms with Crippen LogP contribution < -0.4 is 4.72 Å². The first kappa shape index (κ1) is 20.4. The number of hydrogen-bond acceptors (Lipinski definition) is 3. The summed E-state index contributed by atoms with van der Waals surface area (Å²) in [7, 11) is -0.523. The summed E-state index contributed by atoms with van der Waals surface area (Å²) in [6.45, 7) is 0.340. The Hall–Kier alpha value is -0.890. The van der Waals surface area contributed by atoms with Gasteiger partial charge in [-0.2, -0.15) is 0 Å². The lowest BCUT2D eigenvalue weighted by molar-refractivity contribution is 0.363. The number of halogens is 4. The van der Waals surface area contributed by atoms with E-state index in [1.54, 1.807) is 37.2 Å². The van der Waals surface area contributed by atoms with Crippen molar-refractivity contribution in [1.29, 1.82) is 0 Å². The Bertz CT molecular complexity index is 876. The second-order valence-corrected chi connectivity index (χ2v) is 8.62. The van der Waals surface area contributed by atoms with Crippen LogP contribution in [0, 0.1) is 5.82 Å². The molecule has 0 saturated carbocycles. The average Bonchev–Trinajstić information content (AvgIpc) is 2.48. The van der Waals surface area contributed by atoms with Crippen molar-refractivity contribution in [2.24, 2.45) is 0 Å². The molecule has 1 N–H and O–H groups in total. The van der Waals surface area contributed by atoms with Crippen molar-refractivity contribution >= 4 is 44.8 Å². The molecule has 0 aromatic heterocycles. The first-order valence-corrected chi connectivity index (χ1v) is 9.79. The molecule has 2 aromatic carbocycles. The lowest BCUT2D eigenvalue weighted by atomic mass is 10.1. The molecule has 136 valence electrons. The van der Waals surface area contributed by atoms with Crippen LogP contribution in [-0.2, 0) is 10.0 Å². The maximum absolute atomic E-state index is 14.0. The van der Waals surface area contributed by atoms with E-state index >= 15 is 0 Å². The Morgan fingerprint density at radius 1 is 1.08 bits per heavy atom. The highest BCUT2D eigenvalue weighted by Crippen LogP contribution is 2.27. The molecule has 25 heavy (non-hydrogen) atoms. The third-order valence-corrected chi connectivity index (χ3v) is 5.85. The lowest BCUT2D eigenvalue weighted by Gasteiger charge is -2.23. The molecule has 0 aliphatic heterocycles. The summed E-state index contributed by atoms with van der Waals surface area (Å²) in [6.07, 6.45) is 0. The summed E-state index contributed by atoms with van der Waals surface area (Å²) in [5.41, 5.74) is 0.612. The SMILES string of the molecule is CN(C)C[C@H](NS(=O)(=O)c1ccc(Cl)cc1F)c1ccc(Cl)c(Cl)c1. The summed E-state index contributed by atoms with van der Waals surface area (Å²) >= 11 is 17.6. The summed E-state index contributed by atoms with van der Waals surface area (Å²) in [5, 5.41) is 0.784. The predicted molar refractivity (Wildman–Crippen MR) is 99.5 cm³/mol. The minimum Gasteiger partial charge on any atom is -0.307 e. The van der Waals surface area contributed by atoms with E-state index in [1.807, 2.05) is 0 Å². The minimum absolute atomic E-state index is 0.116. The molecule has 0 heterocycles. The van der Waals surface area contributed by atoms with E-state index in [2.05, 4.69) is 4.72 Å².